The number of nitrogens with one attached hydrogen (secondary N) is 1. The van der Waals surface area contributed by atoms with E-state index >= 15 is 0 Å². The van der Waals surface area contributed by atoms with Gasteiger partial charge in [-0.15, -0.1) is 0 Å². The molecule has 1 heterocycles. The SMILES string of the molecule is CCCCCCN1c2cc(C3(C)CCC3)ccc2NC1CCC1CCC1. The van der Waals surface area contributed by atoms with E-state index < -0.39 is 0 Å². The highest BCUT2D eigenvalue weighted by molar-refractivity contribution is 5.77. The van der Waals surface area contributed by atoms with Crippen LogP contribution in [0.4, 0.5) is 11.4 Å². The molecule has 3 aliphatic rings. The summed E-state index contributed by atoms with van der Waals surface area (Å²) in [4.78, 5) is 2.72. The summed E-state index contributed by atoms with van der Waals surface area (Å²) in [6.07, 6.45) is 17.2. The van der Waals surface area contributed by atoms with E-state index in [1.54, 1.807) is 5.56 Å². The molecule has 0 amide bonds. The Kier molecular flexibility index (Phi) is 5.47. The van der Waals surface area contributed by atoms with E-state index in [0.717, 1.165) is 5.92 Å². The normalized spacial score (nSPS) is 23.9. The average molecular weight is 355 g/mol. The van der Waals surface area contributed by atoms with Crippen molar-refractivity contribution >= 4 is 11.4 Å². The first-order valence-electron chi connectivity index (χ1n) is 11.4. The van der Waals surface area contributed by atoms with Gasteiger partial charge >= 0.3 is 0 Å². The minimum absolute atomic E-state index is 0.437. The van der Waals surface area contributed by atoms with Gasteiger partial charge in [-0.25, -0.2) is 0 Å². The minimum atomic E-state index is 0.437. The Morgan fingerprint density at radius 1 is 1.08 bits per heavy atom. The van der Waals surface area contributed by atoms with Crippen molar-refractivity contribution < 1.29 is 0 Å². The maximum atomic E-state index is 3.87. The van der Waals surface area contributed by atoms with Crippen LogP contribution in [-0.4, -0.2) is 12.7 Å². The first-order chi connectivity index (χ1) is 12.7. The van der Waals surface area contributed by atoms with Crippen molar-refractivity contribution in [2.24, 2.45) is 5.92 Å². The predicted octanol–water partition coefficient (Wildman–Crippen LogP) is 6.85. The molecule has 2 aliphatic carbocycles. The third-order valence-corrected chi connectivity index (χ3v) is 7.49. The Morgan fingerprint density at radius 2 is 1.92 bits per heavy atom. The van der Waals surface area contributed by atoms with Crippen molar-refractivity contribution in [2.75, 3.05) is 16.8 Å². The highest BCUT2D eigenvalue weighted by atomic mass is 15.3. The molecule has 1 atom stereocenters. The van der Waals surface area contributed by atoms with Crippen LogP contribution < -0.4 is 10.2 Å². The maximum Gasteiger partial charge on any atom is 0.0991 e. The number of hydrogen-bond donors (Lipinski definition) is 1. The van der Waals surface area contributed by atoms with Crippen LogP contribution in [-0.2, 0) is 5.41 Å². The summed E-state index contributed by atoms with van der Waals surface area (Å²) < 4.78 is 0. The van der Waals surface area contributed by atoms with E-state index in [4.69, 9.17) is 0 Å². The van der Waals surface area contributed by atoms with E-state index in [2.05, 4.69) is 42.3 Å². The van der Waals surface area contributed by atoms with Crippen LogP contribution in [0.5, 0.6) is 0 Å². The van der Waals surface area contributed by atoms with Crippen molar-refractivity contribution in [3.8, 4) is 0 Å². The predicted molar refractivity (Wildman–Crippen MR) is 113 cm³/mol. The second kappa shape index (κ2) is 7.82. The fourth-order valence-corrected chi connectivity index (χ4v) is 5.08. The summed E-state index contributed by atoms with van der Waals surface area (Å²) in [7, 11) is 0. The molecule has 0 aromatic heterocycles. The fourth-order valence-electron chi connectivity index (χ4n) is 5.08. The van der Waals surface area contributed by atoms with Gasteiger partial charge in [0.15, 0.2) is 0 Å². The van der Waals surface area contributed by atoms with Gasteiger partial charge in [0.05, 0.1) is 17.5 Å². The lowest BCUT2D eigenvalue weighted by Crippen LogP contribution is -2.37. The minimum Gasteiger partial charge on any atom is -0.364 e. The zero-order chi connectivity index (χ0) is 18.0. The van der Waals surface area contributed by atoms with Crippen LogP contribution in [0.3, 0.4) is 0 Å². The number of benzene rings is 1. The summed E-state index contributed by atoms with van der Waals surface area (Å²) >= 11 is 0. The fraction of sp³-hybridized carbons (Fsp3) is 0.750. The number of rotatable bonds is 9. The Hall–Kier alpha value is -1.18. The molecular weight excluding hydrogens is 316 g/mol. The largest absolute Gasteiger partial charge is 0.364 e. The Bertz CT molecular complexity index is 600. The van der Waals surface area contributed by atoms with E-state index in [1.807, 2.05) is 0 Å². The van der Waals surface area contributed by atoms with Gasteiger partial charge in [0, 0.05) is 6.54 Å². The van der Waals surface area contributed by atoms with E-state index in [1.165, 1.54) is 95.0 Å². The summed E-state index contributed by atoms with van der Waals surface area (Å²) in [5, 5.41) is 3.87. The highest BCUT2D eigenvalue weighted by Crippen LogP contribution is 2.47. The molecule has 26 heavy (non-hydrogen) atoms. The molecule has 1 aliphatic heterocycles. The Balaban J connectivity index is 1.47. The zero-order valence-electron chi connectivity index (χ0n) is 17.0. The third-order valence-electron chi connectivity index (χ3n) is 7.49. The number of hydrogen-bond acceptors (Lipinski definition) is 2. The topological polar surface area (TPSA) is 15.3 Å². The molecule has 0 radical (unpaired) electrons. The first kappa shape index (κ1) is 18.2. The molecule has 4 rings (SSSR count). The first-order valence-corrected chi connectivity index (χ1v) is 11.4. The van der Waals surface area contributed by atoms with E-state index in [9.17, 15) is 0 Å². The lowest BCUT2D eigenvalue weighted by atomic mass is 9.66. The quantitative estimate of drug-likeness (QED) is 0.488. The van der Waals surface area contributed by atoms with Crippen molar-refractivity contribution in [1.29, 1.82) is 0 Å². The Morgan fingerprint density at radius 3 is 2.58 bits per heavy atom. The Labute approximate surface area is 160 Å². The molecule has 2 fully saturated rings. The standard InChI is InChI=1S/C24H38N2/c1-3-4-5-6-17-26-22-18-20(24(2)15-8-16-24)12-13-21(22)25-23(26)14-11-19-9-7-10-19/h12-13,18-19,23,25H,3-11,14-17H2,1-2H3. The van der Waals surface area contributed by atoms with Gasteiger partial charge in [-0.2, -0.15) is 0 Å². The molecule has 1 unspecified atom stereocenters. The molecule has 2 nitrogen and oxygen atoms in total. The van der Waals surface area contributed by atoms with E-state index in [-0.39, 0.29) is 0 Å². The summed E-state index contributed by atoms with van der Waals surface area (Å²) in [5.41, 5.74) is 4.88. The van der Waals surface area contributed by atoms with Gasteiger partial charge in [0.25, 0.3) is 0 Å². The molecule has 1 N–H and O–H groups in total. The monoisotopic (exact) mass is 354 g/mol. The summed E-state index contributed by atoms with van der Waals surface area (Å²) in [6, 6.07) is 7.30. The smallest absolute Gasteiger partial charge is 0.0991 e. The van der Waals surface area contributed by atoms with Gasteiger partial charge in [-0.1, -0.05) is 64.9 Å². The van der Waals surface area contributed by atoms with E-state index in [0.29, 0.717) is 11.6 Å². The molecule has 1 aromatic carbocycles. The molecule has 0 saturated heterocycles. The van der Waals surface area contributed by atoms with Gasteiger partial charge in [-0.05, 0) is 61.1 Å². The number of anilines is 2. The van der Waals surface area contributed by atoms with Crippen molar-refractivity contribution in [3.63, 3.8) is 0 Å². The van der Waals surface area contributed by atoms with Crippen LogP contribution >= 0.6 is 0 Å². The highest BCUT2D eigenvalue weighted by Gasteiger charge is 2.36. The number of unbranched alkanes of at least 4 members (excludes halogenated alkanes) is 3. The molecular formula is C24H38N2. The van der Waals surface area contributed by atoms with Crippen molar-refractivity contribution in [2.45, 2.75) is 102 Å². The van der Waals surface area contributed by atoms with Crippen molar-refractivity contribution in [3.05, 3.63) is 23.8 Å². The van der Waals surface area contributed by atoms with Crippen LogP contribution in [0.15, 0.2) is 18.2 Å². The third kappa shape index (κ3) is 3.62. The molecule has 0 bridgehead atoms. The molecule has 2 saturated carbocycles. The van der Waals surface area contributed by atoms with Crippen LogP contribution in [0.1, 0.15) is 96.5 Å². The van der Waals surface area contributed by atoms with Gasteiger partial charge < -0.3 is 10.2 Å². The summed E-state index contributed by atoms with van der Waals surface area (Å²) in [6.45, 7) is 5.98. The molecule has 2 heteroatoms. The van der Waals surface area contributed by atoms with Crippen molar-refractivity contribution in [1.82, 2.24) is 0 Å². The van der Waals surface area contributed by atoms with Gasteiger partial charge in [0.2, 0.25) is 0 Å². The van der Waals surface area contributed by atoms with Gasteiger partial charge in [0.1, 0.15) is 0 Å². The molecule has 1 aromatic rings. The lowest BCUT2D eigenvalue weighted by molar-refractivity contribution is 0.272. The molecule has 144 valence electrons. The molecule has 0 spiro atoms. The number of fused-ring (bicyclic) bond motifs is 1. The zero-order valence-corrected chi connectivity index (χ0v) is 17.0. The van der Waals surface area contributed by atoms with Crippen LogP contribution in [0.25, 0.3) is 0 Å². The second-order valence-electron chi connectivity index (χ2n) is 9.43. The number of nitrogens with zero attached hydrogens (tertiary/aromatic N) is 1. The average Bonchev–Trinajstić information content (AvgIpc) is 2.92. The van der Waals surface area contributed by atoms with Gasteiger partial charge in [-0.3, -0.25) is 0 Å². The maximum absolute atomic E-state index is 3.87. The van der Waals surface area contributed by atoms with Crippen LogP contribution in [0.2, 0.25) is 0 Å². The second-order valence-corrected chi connectivity index (χ2v) is 9.43. The summed E-state index contributed by atoms with van der Waals surface area (Å²) in [5.74, 6) is 1.01. The van der Waals surface area contributed by atoms with Crippen LogP contribution in [0, 0.1) is 5.92 Å². The lowest BCUT2D eigenvalue weighted by Gasteiger charge is -2.39.